The lowest BCUT2D eigenvalue weighted by Crippen LogP contribution is -2.19. The van der Waals surface area contributed by atoms with E-state index in [1.807, 2.05) is 30.8 Å². The van der Waals surface area contributed by atoms with Crippen molar-refractivity contribution in [3.8, 4) is 0 Å². The van der Waals surface area contributed by atoms with Crippen LogP contribution in [0.2, 0.25) is 0 Å². The molecule has 6 nitrogen and oxygen atoms in total. The molecule has 0 bridgehead atoms. The molecule has 2 aromatic rings. The van der Waals surface area contributed by atoms with Crippen LogP contribution in [-0.2, 0) is 6.54 Å². The predicted molar refractivity (Wildman–Crippen MR) is 82.7 cm³/mol. The lowest BCUT2D eigenvalue weighted by molar-refractivity contribution is 0.591. The van der Waals surface area contributed by atoms with Crippen molar-refractivity contribution in [3.05, 3.63) is 35.3 Å². The fraction of sp³-hybridized carbons (Fsp3) is 0.385. The third kappa shape index (κ3) is 3.30. The number of nitrogens with zero attached hydrogens (tertiary/aromatic N) is 4. The van der Waals surface area contributed by atoms with E-state index in [0.717, 1.165) is 36.3 Å². The number of aryl methyl sites for hydroxylation is 2. The van der Waals surface area contributed by atoms with Crippen LogP contribution in [0.3, 0.4) is 0 Å². The zero-order valence-corrected chi connectivity index (χ0v) is 12.4. The van der Waals surface area contributed by atoms with Gasteiger partial charge < -0.3 is 11.1 Å². The first kappa shape index (κ1) is 14.4. The molecule has 0 fully saturated rings. The van der Waals surface area contributed by atoms with Crippen LogP contribution in [0.5, 0.6) is 0 Å². The topological polar surface area (TPSA) is 81.7 Å². The lowest BCUT2D eigenvalue weighted by atomic mass is 10.1. The molecular formula is C13H18N6S. The minimum absolute atomic E-state index is 0.343. The average Bonchev–Trinajstić information content (AvgIpc) is 2.91. The molecule has 0 spiro atoms. The van der Waals surface area contributed by atoms with Gasteiger partial charge >= 0.3 is 0 Å². The van der Waals surface area contributed by atoms with Crippen molar-refractivity contribution >= 4 is 23.0 Å². The number of rotatable bonds is 6. The summed E-state index contributed by atoms with van der Waals surface area (Å²) in [5.41, 5.74) is 8.38. The van der Waals surface area contributed by atoms with Crippen molar-refractivity contribution in [2.24, 2.45) is 5.73 Å². The van der Waals surface area contributed by atoms with E-state index in [4.69, 9.17) is 18.0 Å². The van der Waals surface area contributed by atoms with E-state index in [-0.39, 0.29) is 0 Å². The Morgan fingerprint density at radius 3 is 2.85 bits per heavy atom. The highest BCUT2D eigenvalue weighted by atomic mass is 32.1. The molecule has 2 heterocycles. The van der Waals surface area contributed by atoms with E-state index >= 15 is 0 Å². The summed E-state index contributed by atoms with van der Waals surface area (Å²) in [6.45, 7) is 5.45. The summed E-state index contributed by atoms with van der Waals surface area (Å²) >= 11 is 5.10. The maximum Gasteiger partial charge on any atom is 0.159 e. The maximum absolute atomic E-state index is 5.78. The molecule has 0 radical (unpaired) electrons. The highest BCUT2D eigenvalue weighted by Crippen LogP contribution is 2.18. The highest BCUT2D eigenvalue weighted by molar-refractivity contribution is 7.80. The Kier molecular flexibility index (Phi) is 4.62. The van der Waals surface area contributed by atoms with E-state index in [9.17, 15) is 0 Å². The molecule has 0 amide bonds. The van der Waals surface area contributed by atoms with Crippen molar-refractivity contribution in [1.29, 1.82) is 0 Å². The molecule has 0 aliphatic heterocycles. The molecule has 0 saturated heterocycles. The van der Waals surface area contributed by atoms with Crippen molar-refractivity contribution in [1.82, 2.24) is 20.0 Å². The molecule has 0 unspecified atom stereocenters. The smallest absolute Gasteiger partial charge is 0.159 e. The summed E-state index contributed by atoms with van der Waals surface area (Å²) in [5, 5.41) is 15.6. The van der Waals surface area contributed by atoms with Gasteiger partial charge in [-0.05, 0) is 31.9 Å². The quantitative estimate of drug-likeness (QED) is 0.618. The fourth-order valence-corrected chi connectivity index (χ4v) is 2.16. The van der Waals surface area contributed by atoms with Gasteiger partial charge in [-0.2, -0.15) is 10.2 Å². The molecule has 7 heteroatoms. The first-order valence-corrected chi connectivity index (χ1v) is 6.85. The van der Waals surface area contributed by atoms with Crippen LogP contribution in [-0.4, -0.2) is 31.5 Å². The van der Waals surface area contributed by atoms with E-state index < -0.39 is 0 Å². The number of thiocarbonyl (C=S) groups is 1. The van der Waals surface area contributed by atoms with Crippen LogP contribution >= 0.6 is 12.2 Å². The van der Waals surface area contributed by atoms with Gasteiger partial charge in [0.15, 0.2) is 5.82 Å². The second kappa shape index (κ2) is 6.42. The van der Waals surface area contributed by atoms with E-state index in [1.54, 1.807) is 6.20 Å². The Labute approximate surface area is 123 Å². The molecule has 3 N–H and O–H groups in total. The van der Waals surface area contributed by atoms with Crippen molar-refractivity contribution < 1.29 is 0 Å². The zero-order chi connectivity index (χ0) is 14.5. The van der Waals surface area contributed by atoms with Crippen molar-refractivity contribution in [2.75, 3.05) is 11.9 Å². The summed E-state index contributed by atoms with van der Waals surface area (Å²) in [6.07, 6.45) is 4.64. The molecule has 2 rings (SSSR count). The standard InChI is InChI=1S/C13H18N6S/c1-9-10(2)17-18-13(11(9)12(14)20)15-5-3-7-19-8-4-6-16-19/h4,6,8H,3,5,7H2,1-2H3,(H2,14,20)(H,15,18). The Morgan fingerprint density at radius 1 is 1.40 bits per heavy atom. The fourth-order valence-electron chi connectivity index (χ4n) is 1.91. The summed E-state index contributed by atoms with van der Waals surface area (Å²) in [7, 11) is 0. The Bertz CT molecular complexity index is 593. The van der Waals surface area contributed by atoms with E-state index in [2.05, 4.69) is 20.6 Å². The SMILES string of the molecule is Cc1nnc(NCCCn2cccn2)c(C(N)=S)c1C. The number of hydrogen-bond acceptors (Lipinski definition) is 5. The number of nitrogens with two attached hydrogens (primary N) is 1. The zero-order valence-electron chi connectivity index (χ0n) is 11.6. The maximum atomic E-state index is 5.78. The molecule has 0 aromatic carbocycles. The van der Waals surface area contributed by atoms with E-state index in [1.165, 1.54) is 0 Å². The Hall–Kier alpha value is -2.02. The summed E-state index contributed by atoms with van der Waals surface area (Å²) < 4.78 is 1.89. The lowest BCUT2D eigenvalue weighted by Gasteiger charge is -2.13. The summed E-state index contributed by atoms with van der Waals surface area (Å²) in [5.74, 6) is 0.654. The first-order chi connectivity index (χ1) is 9.59. The molecule has 0 aliphatic carbocycles. The van der Waals surface area contributed by atoms with Crippen LogP contribution < -0.4 is 11.1 Å². The van der Waals surface area contributed by atoms with Crippen LogP contribution in [0, 0.1) is 13.8 Å². The van der Waals surface area contributed by atoms with Gasteiger partial charge in [-0.25, -0.2) is 0 Å². The largest absolute Gasteiger partial charge is 0.389 e. The molecule has 0 atom stereocenters. The second-order valence-electron chi connectivity index (χ2n) is 4.55. The molecule has 20 heavy (non-hydrogen) atoms. The van der Waals surface area contributed by atoms with Gasteiger partial charge in [0.1, 0.15) is 4.99 Å². The Morgan fingerprint density at radius 2 is 2.20 bits per heavy atom. The molecular weight excluding hydrogens is 272 g/mol. The van der Waals surface area contributed by atoms with Gasteiger partial charge in [0.2, 0.25) is 0 Å². The predicted octanol–water partition coefficient (Wildman–Crippen LogP) is 1.43. The summed E-state index contributed by atoms with van der Waals surface area (Å²) in [6, 6.07) is 1.91. The summed E-state index contributed by atoms with van der Waals surface area (Å²) in [4.78, 5) is 0.343. The van der Waals surface area contributed by atoms with Gasteiger partial charge in [-0.1, -0.05) is 12.2 Å². The van der Waals surface area contributed by atoms with E-state index in [0.29, 0.717) is 10.8 Å². The minimum atomic E-state index is 0.343. The van der Waals surface area contributed by atoms with Gasteiger partial charge in [0, 0.05) is 25.5 Å². The molecule has 0 aliphatic rings. The normalized spacial score (nSPS) is 10.5. The number of aromatic nitrogens is 4. The van der Waals surface area contributed by atoms with Crippen molar-refractivity contribution in [2.45, 2.75) is 26.8 Å². The number of nitrogens with one attached hydrogen (secondary N) is 1. The molecule has 2 aromatic heterocycles. The number of anilines is 1. The van der Waals surface area contributed by atoms with Gasteiger partial charge in [-0.3, -0.25) is 4.68 Å². The first-order valence-electron chi connectivity index (χ1n) is 6.44. The van der Waals surface area contributed by atoms with Crippen LogP contribution in [0.25, 0.3) is 0 Å². The Balaban J connectivity index is 1.99. The second-order valence-corrected chi connectivity index (χ2v) is 4.99. The van der Waals surface area contributed by atoms with Crippen LogP contribution in [0.4, 0.5) is 5.82 Å². The van der Waals surface area contributed by atoms with Crippen molar-refractivity contribution in [3.63, 3.8) is 0 Å². The minimum Gasteiger partial charge on any atom is -0.389 e. The highest BCUT2D eigenvalue weighted by Gasteiger charge is 2.12. The van der Waals surface area contributed by atoms with Crippen LogP contribution in [0.15, 0.2) is 18.5 Å². The third-order valence-corrected chi connectivity index (χ3v) is 3.32. The number of hydrogen-bond donors (Lipinski definition) is 2. The monoisotopic (exact) mass is 290 g/mol. The van der Waals surface area contributed by atoms with Crippen LogP contribution in [0.1, 0.15) is 23.2 Å². The van der Waals surface area contributed by atoms with Gasteiger partial charge in [0.25, 0.3) is 0 Å². The average molecular weight is 290 g/mol. The molecule has 0 saturated carbocycles. The van der Waals surface area contributed by atoms with Gasteiger partial charge in [0.05, 0.1) is 11.3 Å². The molecule has 106 valence electrons. The third-order valence-electron chi connectivity index (χ3n) is 3.12. The van der Waals surface area contributed by atoms with Gasteiger partial charge in [-0.15, -0.1) is 5.10 Å².